The highest BCUT2D eigenvalue weighted by atomic mass is 32.2. The third kappa shape index (κ3) is 4.19. The minimum atomic E-state index is -3.27. The molecule has 1 fully saturated rings. The van der Waals surface area contributed by atoms with E-state index in [2.05, 4.69) is 0 Å². The van der Waals surface area contributed by atoms with Gasteiger partial charge in [-0.25, -0.2) is 8.42 Å². The predicted molar refractivity (Wildman–Crippen MR) is 101 cm³/mol. The Morgan fingerprint density at radius 2 is 1.96 bits per heavy atom. The first-order chi connectivity index (χ1) is 12.5. The summed E-state index contributed by atoms with van der Waals surface area (Å²) in [7, 11) is -1.74. The molecular formula is C18H21NO5S2. The Labute approximate surface area is 157 Å². The number of hydrogen-bond donors (Lipinski definition) is 0. The Balaban J connectivity index is 1.64. The van der Waals surface area contributed by atoms with E-state index in [0.29, 0.717) is 24.5 Å². The molecule has 1 saturated heterocycles. The van der Waals surface area contributed by atoms with E-state index in [4.69, 9.17) is 9.47 Å². The van der Waals surface area contributed by atoms with Gasteiger partial charge < -0.3 is 14.4 Å². The molecule has 2 aromatic rings. The predicted octanol–water partition coefficient (Wildman–Crippen LogP) is 2.52. The Hall–Kier alpha value is -2.06. The van der Waals surface area contributed by atoms with Crippen LogP contribution in [0.3, 0.4) is 0 Å². The number of ether oxygens (including phenoxy) is 2. The van der Waals surface area contributed by atoms with Crippen LogP contribution >= 0.6 is 11.3 Å². The second-order valence-electron chi connectivity index (χ2n) is 5.98. The van der Waals surface area contributed by atoms with Crippen molar-refractivity contribution >= 4 is 27.1 Å². The molecule has 0 N–H and O–H groups in total. The lowest BCUT2D eigenvalue weighted by Gasteiger charge is -2.20. The number of hydrogen-bond acceptors (Lipinski definition) is 6. The molecule has 1 aliphatic heterocycles. The fourth-order valence-electron chi connectivity index (χ4n) is 2.96. The standard InChI is InChI=1S/C18H21NO5S2/c1-23-14-5-2-3-6-15(14)24-13-18(20)19-9-8-17(16-7-4-11-25-16)26(21,22)12-10-19/h2-7,11,17H,8-10,12-13H2,1H3. The lowest BCUT2D eigenvalue weighted by Crippen LogP contribution is -2.37. The van der Waals surface area contributed by atoms with Crippen LogP contribution in [-0.2, 0) is 14.6 Å². The van der Waals surface area contributed by atoms with E-state index < -0.39 is 15.1 Å². The second kappa shape index (κ2) is 8.09. The van der Waals surface area contributed by atoms with Crippen LogP contribution in [0.2, 0.25) is 0 Å². The zero-order chi connectivity index (χ0) is 18.6. The molecular weight excluding hydrogens is 374 g/mol. The van der Waals surface area contributed by atoms with Crippen LogP contribution in [-0.4, -0.2) is 51.8 Å². The molecule has 1 aliphatic rings. The number of carbonyl (C=O) groups is 1. The minimum absolute atomic E-state index is 0.0318. The summed E-state index contributed by atoms with van der Waals surface area (Å²) < 4.78 is 35.9. The number of para-hydroxylation sites is 2. The van der Waals surface area contributed by atoms with Gasteiger partial charge in [-0.3, -0.25) is 4.79 Å². The third-order valence-electron chi connectivity index (χ3n) is 4.37. The van der Waals surface area contributed by atoms with E-state index in [1.54, 1.807) is 23.1 Å². The minimum Gasteiger partial charge on any atom is -0.493 e. The van der Waals surface area contributed by atoms with Gasteiger partial charge in [0.05, 0.1) is 18.1 Å². The van der Waals surface area contributed by atoms with Crippen molar-refractivity contribution in [3.63, 3.8) is 0 Å². The summed E-state index contributed by atoms with van der Waals surface area (Å²) >= 11 is 1.44. The van der Waals surface area contributed by atoms with Crippen LogP contribution in [0.25, 0.3) is 0 Å². The molecule has 1 unspecified atom stereocenters. The normalized spacial score (nSPS) is 19.6. The molecule has 140 valence electrons. The summed E-state index contributed by atoms with van der Waals surface area (Å²) in [5.74, 6) is 0.785. The van der Waals surface area contributed by atoms with Gasteiger partial charge in [0, 0.05) is 18.0 Å². The van der Waals surface area contributed by atoms with E-state index in [1.807, 2.05) is 23.6 Å². The molecule has 0 aliphatic carbocycles. The van der Waals surface area contributed by atoms with E-state index in [0.717, 1.165) is 4.88 Å². The number of amides is 1. The van der Waals surface area contributed by atoms with Crippen LogP contribution < -0.4 is 9.47 Å². The largest absolute Gasteiger partial charge is 0.493 e. The Morgan fingerprint density at radius 3 is 2.65 bits per heavy atom. The van der Waals surface area contributed by atoms with Crippen molar-refractivity contribution in [1.82, 2.24) is 4.90 Å². The lowest BCUT2D eigenvalue weighted by atomic mass is 10.2. The number of carbonyl (C=O) groups excluding carboxylic acids is 1. The number of benzene rings is 1. The van der Waals surface area contributed by atoms with Crippen molar-refractivity contribution in [1.29, 1.82) is 0 Å². The van der Waals surface area contributed by atoms with Crippen molar-refractivity contribution in [2.45, 2.75) is 11.7 Å². The number of rotatable bonds is 5. The summed E-state index contributed by atoms with van der Waals surface area (Å²) in [5.41, 5.74) is 0. The molecule has 8 heteroatoms. The van der Waals surface area contributed by atoms with Crippen LogP contribution in [0.15, 0.2) is 41.8 Å². The maximum absolute atomic E-state index is 12.6. The Morgan fingerprint density at radius 1 is 1.19 bits per heavy atom. The molecule has 6 nitrogen and oxygen atoms in total. The topological polar surface area (TPSA) is 72.9 Å². The molecule has 3 rings (SSSR count). The smallest absolute Gasteiger partial charge is 0.260 e. The van der Waals surface area contributed by atoms with Gasteiger partial charge in [-0.2, -0.15) is 0 Å². The average molecular weight is 396 g/mol. The molecule has 1 aromatic carbocycles. The van der Waals surface area contributed by atoms with Gasteiger partial charge >= 0.3 is 0 Å². The van der Waals surface area contributed by atoms with Crippen molar-refractivity contribution < 1.29 is 22.7 Å². The summed E-state index contributed by atoms with van der Waals surface area (Å²) in [4.78, 5) is 14.9. The number of nitrogens with zero attached hydrogens (tertiary/aromatic N) is 1. The van der Waals surface area contributed by atoms with Crippen LogP contribution in [0, 0.1) is 0 Å². The van der Waals surface area contributed by atoms with Crippen molar-refractivity contribution in [3.8, 4) is 11.5 Å². The van der Waals surface area contributed by atoms with Gasteiger partial charge in [-0.05, 0) is 30.0 Å². The molecule has 2 heterocycles. The lowest BCUT2D eigenvalue weighted by molar-refractivity contribution is -0.133. The Bertz CT molecular complexity index is 848. The average Bonchev–Trinajstić information content (AvgIpc) is 3.11. The zero-order valence-electron chi connectivity index (χ0n) is 14.5. The van der Waals surface area contributed by atoms with Gasteiger partial charge in [-0.15, -0.1) is 11.3 Å². The zero-order valence-corrected chi connectivity index (χ0v) is 16.1. The number of thiophene rings is 1. The Kier molecular flexibility index (Phi) is 5.83. The first-order valence-corrected chi connectivity index (χ1v) is 10.9. The van der Waals surface area contributed by atoms with Crippen LogP contribution in [0.5, 0.6) is 11.5 Å². The van der Waals surface area contributed by atoms with Crippen molar-refractivity contribution in [2.75, 3.05) is 32.6 Å². The molecule has 1 aromatic heterocycles. The molecule has 0 saturated carbocycles. The maximum Gasteiger partial charge on any atom is 0.260 e. The van der Waals surface area contributed by atoms with E-state index in [1.165, 1.54) is 18.4 Å². The fraction of sp³-hybridized carbons (Fsp3) is 0.389. The highest BCUT2D eigenvalue weighted by molar-refractivity contribution is 7.91. The number of methoxy groups -OCH3 is 1. The summed E-state index contributed by atoms with van der Waals surface area (Å²) in [6.45, 7) is 0.443. The second-order valence-corrected chi connectivity index (χ2v) is 9.26. The first kappa shape index (κ1) is 18.7. The SMILES string of the molecule is COc1ccccc1OCC(=O)N1CCC(c2cccs2)S(=O)(=O)CC1. The highest BCUT2D eigenvalue weighted by Gasteiger charge is 2.33. The summed E-state index contributed by atoms with van der Waals surface area (Å²) in [5, 5.41) is 1.34. The quantitative estimate of drug-likeness (QED) is 0.778. The van der Waals surface area contributed by atoms with E-state index in [9.17, 15) is 13.2 Å². The van der Waals surface area contributed by atoms with Gasteiger partial charge in [0.2, 0.25) is 0 Å². The highest BCUT2D eigenvalue weighted by Crippen LogP contribution is 2.32. The third-order valence-corrected chi connectivity index (χ3v) is 7.62. The first-order valence-electron chi connectivity index (χ1n) is 8.30. The summed E-state index contributed by atoms with van der Waals surface area (Å²) in [6.07, 6.45) is 0.406. The molecule has 1 amide bonds. The fourth-order valence-corrected chi connectivity index (χ4v) is 5.96. The van der Waals surface area contributed by atoms with Crippen LogP contribution in [0.4, 0.5) is 0 Å². The molecule has 0 bridgehead atoms. The molecule has 0 spiro atoms. The van der Waals surface area contributed by atoms with E-state index in [-0.39, 0.29) is 24.8 Å². The van der Waals surface area contributed by atoms with Gasteiger partial charge in [0.1, 0.15) is 0 Å². The van der Waals surface area contributed by atoms with Crippen molar-refractivity contribution in [2.24, 2.45) is 0 Å². The molecule has 0 radical (unpaired) electrons. The van der Waals surface area contributed by atoms with Crippen molar-refractivity contribution in [3.05, 3.63) is 46.7 Å². The van der Waals surface area contributed by atoms with Gasteiger partial charge in [-0.1, -0.05) is 18.2 Å². The maximum atomic E-state index is 12.6. The van der Waals surface area contributed by atoms with Crippen LogP contribution in [0.1, 0.15) is 16.5 Å². The number of sulfone groups is 1. The van der Waals surface area contributed by atoms with E-state index >= 15 is 0 Å². The van der Waals surface area contributed by atoms with Gasteiger partial charge in [0.25, 0.3) is 5.91 Å². The molecule has 26 heavy (non-hydrogen) atoms. The van der Waals surface area contributed by atoms with Gasteiger partial charge in [0.15, 0.2) is 27.9 Å². The summed E-state index contributed by atoms with van der Waals surface area (Å²) in [6, 6.07) is 10.8. The monoisotopic (exact) mass is 395 g/mol. The molecule has 1 atom stereocenters.